The minimum Gasteiger partial charge on any atom is -0.459 e. The van der Waals surface area contributed by atoms with E-state index in [-0.39, 0.29) is 24.4 Å². The van der Waals surface area contributed by atoms with Crippen LogP contribution in [-0.4, -0.2) is 46.2 Å². The van der Waals surface area contributed by atoms with Crippen LogP contribution in [0.1, 0.15) is 53.9 Å². The lowest BCUT2D eigenvalue weighted by Gasteiger charge is -2.44. The van der Waals surface area contributed by atoms with Crippen LogP contribution in [0.3, 0.4) is 0 Å². The molecule has 2 aliphatic heterocycles. The summed E-state index contributed by atoms with van der Waals surface area (Å²) in [5.74, 6) is 0.699. The van der Waals surface area contributed by atoms with Gasteiger partial charge in [-0.3, -0.25) is 4.79 Å². The second-order valence-electron chi connectivity index (χ2n) is 9.23. The Morgan fingerprint density at radius 3 is 2.70 bits per heavy atom. The molecule has 3 rings (SSSR count). The van der Waals surface area contributed by atoms with Crippen molar-refractivity contribution < 1.29 is 24.5 Å². The van der Waals surface area contributed by atoms with E-state index in [0.717, 1.165) is 6.42 Å². The maximum atomic E-state index is 11.7. The number of carbonyl (C=O) groups excluding carboxylic acids is 1. The van der Waals surface area contributed by atoms with Crippen molar-refractivity contribution in [2.75, 3.05) is 0 Å². The van der Waals surface area contributed by atoms with Crippen molar-refractivity contribution in [2.24, 2.45) is 23.7 Å². The number of rotatable bonds is 2. The Balaban J connectivity index is 2.08. The zero-order valence-corrected chi connectivity index (χ0v) is 17.1. The number of fused-ring (bicyclic) bond motifs is 5. The van der Waals surface area contributed by atoms with Gasteiger partial charge in [0.1, 0.15) is 11.7 Å². The van der Waals surface area contributed by atoms with Crippen LogP contribution in [0, 0.1) is 23.7 Å². The minimum atomic E-state index is -1.39. The van der Waals surface area contributed by atoms with Gasteiger partial charge < -0.3 is 19.7 Å². The molecule has 2 bridgehead atoms. The molecule has 0 saturated carbocycles. The molecule has 3 aliphatic rings. The molecule has 0 aromatic rings. The Kier molecular flexibility index (Phi) is 5.59. The monoisotopic (exact) mass is 378 g/mol. The van der Waals surface area contributed by atoms with Crippen LogP contribution in [0.15, 0.2) is 23.8 Å². The van der Waals surface area contributed by atoms with E-state index >= 15 is 0 Å². The van der Waals surface area contributed by atoms with Gasteiger partial charge in [-0.1, -0.05) is 32.1 Å². The number of ether oxygens (including phenoxy) is 2. The molecule has 0 spiro atoms. The standard InChI is InChI=1S/C22H34O5/c1-11(2)15-8-7-12(3)19-17-9-13(4)16(24)10-18(26-14(5)23)22(6,25)21(27-17)20(15)19/h7,11,15-21,24-25H,4,8-10H2,1-3,5-6H3/t15-,16+,17?,18+,19-,20-,21?,22-/m1/s1. The molecule has 2 unspecified atom stereocenters. The van der Waals surface area contributed by atoms with E-state index in [4.69, 9.17) is 9.47 Å². The van der Waals surface area contributed by atoms with Crippen LogP contribution in [0.4, 0.5) is 0 Å². The number of allylic oxidation sites excluding steroid dienone is 1. The van der Waals surface area contributed by atoms with Crippen molar-refractivity contribution in [1.29, 1.82) is 0 Å². The summed E-state index contributed by atoms with van der Waals surface area (Å²) in [6, 6.07) is 0. The highest BCUT2D eigenvalue weighted by Crippen LogP contribution is 2.53. The molecule has 27 heavy (non-hydrogen) atoms. The van der Waals surface area contributed by atoms with Crippen LogP contribution in [-0.2, 0) is 14.3 Å². The zero-order valence-electron chi connectivity index (χ0n) is 17.1. The third kappa shape index (κ3) is 3.62. The van der Waals surface area contributed by atoms with E-state index in [1.807, 2.05) is 0 Å². The molecule has 2 heterocycles. The van der Waals surface area contributed by atoms with Gasteiger partial charge in [0.25, 0.3) is 0 Å². The lowest BCUT2D eigenvalue weighted by molar-refractivity contribution is -0.191. The van der Waals surface area contributed by atoms with Crippen molar-refractivity contribution >= 4 is 5.97 Å². The average Bonchev–Trinajstić information content (AvgIpc) is 2.94. The molecule has 8 atom stereocenters. The van der Waals surface area contributed by atoms with Crippen LogP contribution in [0.2, 0.25) is 0 Å². The molecule has 2 saturated heterocycles. The summed E-state index contributed by atoms with van der Waals surface area (Å²) in [5, 5.41) is 22.1. The van der Waals surface area contributed by atoms with Crippen molar-refractivity contribution in [3.8, 4) is 0 Å². The van der Waals surface area contributed by atoms with E-state index in [0.29, 0.717) is 23.8 Å². The molecule has 0 aromatic carbocycles. The fourth-order valence-corrected chi connectivity index (χ4v) is 5.48. The fourth-order valence-electron chi connectivity index (χ4n) is 5.48. The topological polar surface area (TPSA) is 76.0 Å². The van der Waals surface area contributed by atoms with Crippen LogP contribution in [0.5, 0.6) is 0 Å². The summed E-state index contributed by atoms with van der Waals surface area (Å²) < 4.78 is 12.0. The maximum absolute atomic E-state index is 11.7. The highest BCUT2D eigenvalue weighted by atomic mass is 16.6. The Bertz CT molecular complexity index is 635. The van der Waals surface area contributed by atoms with Gasteiger partial charge in [-0.25, -0.2) is 0 Å². The van der Waals surface area contributed by atoms with E-state index in [1.54, 1.807) is 6.92 Å². The summed E-state index contributed by atoms with van der Waals surface area (Å²) in [6.07, 6.45) is 1.70. The third-order valence-electron chi connectivity index (χ3n) is 6.98. The van der Waals surface area contributed by atoms with E-state index in [2.05, 4.69) is 33.4 Å². The highest BCUT2D eigenvalue weighted by Gasteiger charge is 2.59. The summed E-state index contributed by atoms with van der Waals surface area (Å²) in [5.41, 5.74) is 0.570. The first-order valence-corrected chi connectivity index (χ1v) is 10.1. The Hall–Kier alpha value is -1.17. The lowest BCUT2D eigenvalue weighted by Crippen LogP contribution is -2.56. The summed E-state index contributed by atoms with van der Waals surface area (Å²) in [7, 11) is 0. The van der Waals surface area contributed by atoms with Gasteiger partial charge in [-0.15, -0.1) is 0 Å². The van der Waals surface area contributed by atoms with E-state index < -0.39 is 29.9 Å². The van der Waals surface area contributed by atoms with Crippen LogP contribution < -0.4 is 0 Å². The predicted molar refractivity (Wildman–Crippen MR) is 103 cm³/mol. The molecule has 5 nitrogen and oxygen atoms in total. The molecule has 5 heteroatoms. The second kappa shape index (κ2) is 7.34. The Morgan fingerprint density at radius 2 is 2.11 bits per heavy atom. The average molecular weight is 379 g/mol. The number of aliphatic hydroxyl groups is 2. The highest BCUT2D eigenvalue weighted by molar-refractivity contribution is 5.66. The van der Waals surface area contributed by atoms with Crippen LogP contribution >= 0.6 is 0 Å². The molecule has 0 amide bonds. The van der Waals surface area contributed by atoms with Crippen molar-refractivity contribution in [3.63, 3.8) is 0 Å². The first-order chi connectivity index (χ1) is 12.5. The zero-order chi connectivity index (χ0) is 20.1. The van der Waals surface area contributed by atoms with Crippen molar-refractivity contribution in [2.45, 2.75) is 83.9 Å². The normalized spacial score (nSPS) is 44.8. The second-order valence-corrected chi connectivity index (χ2v) is 9.23. The summed E-state index contributed by atoms with van der Waals surface area (Å²) in [6.45, 7) is 13.6. The first-order valence-electron chi connectivity index (χ1n) is 10.1. The number of aliphatic hydroxyl groups excluding tert-OH is 1. The number of hydrogen-bond acceptors (Lipinski definition) is 5. The summed E-state index contributed by atoms with van der Waals surface area (Å²) >= 11 is 0. The Morgan fingerprint density at radius 1 is 1.44 bits per heavy atom. The van der Waals surface area contributed by atoms with Crippen molar-refractivity contribution in [3.05, 3.63) is 23.8 Å². The minimum absolute atomic E-state index is 0.123. The molecule has 152 valence electrons. The SMILES string of the molecule is C=C1CC2OC([C@@H]3[C@@H](C(C)C)CC=C(C)[C@H]23)[C@](C)(O)[C@@H](OC(C)=O)C[C@@H]1O. The van der Waals surface area contributed by atoms with E-state index in [9.17, 15) is 15.0 Å². The number of carbonyl (C=O) groups is 1. The molecule has 2 N–H and O–H groups in total. The smallest absolute Gasteiger partial charge is 0.303 e. The fraction of sp³-hybridized carbons (Fsp3) is 0.773. The van der Waals surface area contributed by atoms with Gasteiger partial charge >= 0.3 is 5.97 Å². The Labute approximate surface area is 162 Å². The third-order valence-corrected chi connectivity index (χ3v) is 6.98. The van der Waals surface area contributed by atoms with Gasteiger partial charge in [-0.2, -0.15) is 0 Å². The predicted octanol–water partition coefficient (Wildman–Crippen LogP) is 3.00. The first kappa shape index (κ1) is 20.6. The van der Waals surface area contributed by atoms with E-state index in [1.165, 1.54) is 12.5 Å². The molecular weight excluding hydrogens is 344 g/mol. The largest absolute Gasteiger partial charge is 0.459 e. The quantitative estimate of drug-likeness (QED) is 0.571. The van der Waals surface area contributed by atoms with Gasteiger partial charge in [0.15, 0.2) is 0 Å². The number of hydrogen-bond donors (Lipinski definition) is 2. The molecule has 2 fully saturated rings. The van der Waals surface area contributed by atoms with Gasteiger partial charge in [0, 0.05) is 25.2 Å². The number of esters is 1. The maximum Gasteiger partial charge on any atom is 0.303 e. The molecule has 1 aliphatic carbocycles. The lowest BCUT2D eigenvalue weighted by atomic mass is 9.62. The van der Waals surface area contributed by atoms with Crippen LogP contribution in [0.25, 0.3) is 0 Å². The molecular formula is C22H34O5. The molecule has 0 aromatic heterocycles. The van der Waals surface area contributed by atoms with Gasteiger partial charge in [0.2, 0.25) is 0 Å². The van der Waals surface area contributed by atoms with Gasteiger partial charge in [0.05, 0.1) is 18.3 Å². The molecule has 0 radical (unpaired) electrons. The van der Waals surface area contributed by atoms with Gasteiger partial charge in [-0.05, 0) is 44.1 Å². The van der Waals surface area contributed by atoms with Crippen molar-refractivity contribution in [1.82, 2.24) is 0 Å². The summed E-state index contributed by atoms with van der Waals surface area (Å²) in [4.78, 5) is 11.7.